The van der Waals surface area contributed by atoms with E-state index in [0.29, 0.717) is 24.3 Å². The number of nitrogens with zero attached hydrogens (tertiary/aromatic N) is 3. The van der Waals surface area contributed by atoms with Gasteiger partial charge in [0.25, 0.3) is 5.91 Å². The second-order valence-electron chi connectivity index (χ2n) is 6.46. The van der Waals surface area contributed by atoms with Crippen LogP contribution in [0.5, 0.6) is 5.75 Å². The quantitative estimate of drug-likeness (QED) is 0.525. The Morgan fingerprint density at radius 1 is 1.00 bits per heavy atom. The molecule has 2 aromatic heterocycles. The van der Waals surface area contributed by atoms with Gasteiger partial charge in [-0.2, -0.15) is 0 Å². The molecule has 0 saturated carbocycles. The number of hydrogen-bond donors (Lipinski definition) is 1. The summed E-state index contributed by atoms with van der Waals surface area (Å²) in [6.07, 6.45) is 2.45. The normalized spacial score (nSPS) is 10.8. The van der Waals surface area contributed by atoms with Gasteiger partial charge in [-0.05, 0) is 42.0 Å². The summed E-state index contributed by atoms with van der Waals surface area (Å²) in [7, 11) is 0. The first-order valence-electron chi connectivity index (χ1n) is 9.24. The van der Waals surface area contributed by atoms with Gasteiger partial charge in [0.1, 0.15) is 24.0 Å². The molecule has 6 nitrogen and oxygen atoms in total. The van der Waals surface area contributed by atoms with Crippen LogP contribution in [0.3, 0.4) is 0 Å². The largest absolute Gasteiger partial charge is 0.488 e. The van der Waals surface area contributed by atoms with Crippen molar-refractivity contribution in [2.24, 2.45) is 0 Å². The van der Waals surface area contributed by atoms with E-state index in [-0.39, 0.29) is 18.3 Å². The Balaban J connectivity index is 1.37. The van der Waals surface area contributed by atoms with E-state index < -0.39 is 0 Å². The van der Waals surface area contributed by atoms with E-state index in [9.17, 15) is 9.18 Å². The zero-order valence-corrected chi connectivity index (χ0v) is 15.6. The van der Waals surface area contributed by atoms with Gasteiger partial charge >= 0.3 is 0 Å². The predicted octanol–water partition coefficient (Wildman–Crippen LogP) is 3.42. The summed E-state index contributed by atoms with van der Waals surface area (Å²) in [5.74, 6) is 0.728. The molecule has 0 spiro atoms. The van der Waals surface area contributed by atoms with Crippen LogP contribution in [0, 0.1) is 5.82 Å². The van der Waals surface area contributed by atoms with Crippen LogP contribution in [0.15, 0.2) is 72.9 Å². The zero-order chi connectivity index (χ0) is 20.1. The first-order valence-corrected chi connectivity index (χ1v) is 9.24. The SMILES string of the molecule is O=C(NCCc1nnc2ccccn12)c1ccccc1OCc1ccc(F)cc1. The molecule has 0 unspecified atom stereocenters. The number of nitrogens with one attached hydrogen (secondary N) is 1. The molecule has 7 heteroatoms. The average molecular weight is 390 g/mol. The summed E-state index contributed by atoms with van der Waals surface area (Å²) in [6, 6.07) is 18.8. The molecule has 0 fully saturated rings. The van der Waals surface area contributed by atoms with Crippen LogP contribution in [0.25, 0.3) is 5.65 Å². The minimum Gasteiger partial charge on any atom is -0.488 e. The van der Waals surface area contributed by atoms with E-state index in [2.05, 4.69) is 15.5 Å². The zero-order valence-electron chi connectivity index (χ0n) is 15.6. The molecule has 4 rings (SSSR count). The fourth-order valence-electron chi connectivity index (χ4n) is 2.97. The maximum absolute atomic E-state index is 13.0. The van der Waals surface area contributed by atoms with Crippen molar-refractivity contribution in [3.8, 4) is 5.75 Å². The van der Waals surface area contributed by atoms with E-state index >= 15 is 0 Å². The fourth-order valence-corrected chi connectivity index (χ4v) is 2.97. The number of benzene rings is 2. The summed E-state index contributed by atoms with van der Waals surface area (Å²) in [5.41, 5.74) is 2.04. The highest BCUT2D eigenvalue weighted by Gasteiger charge is 2.13. The molecule has 0 radical (unpaired) electrons. The Bertz CT molecular complexity index is 1130. The molecule has 146 valence electrons. The van der Waals surface area contributed by atoms with Crippen molar-refractivity contribution in [2.45, 2.75) is 13.0 Å². The number of pyridine rings is 1. The Morgan fingerprint density at radius 2 is 1.79 bits per heavy atom. The standard InChI is InChI=1S/C22H19FN4O2/c23-17-10-8-16(9-11-17)15-29-19-6-2-1-5-18(19)22(28)24-13-12-21-26-25-20-7-3-4-14-27(20)21/h1-11,14H,12-13,15H2,(H,24,28). The van der Waals surface area contributed by atoms with Crippen LogP contribution in [0.4, 0.5) is 4.39 Å². The molecule has 2 aromatic carbocycles. The molecule has 0 aliphatic carbocycles. The second kappa shape index (κ2) is 8.52. The highest BCUT2D eigenvalue weighted by atomic mass is 19.1. The van der Waals surface area contributed by atoms with E-state index in [1.807, 2.05) is 28.8 Å². The van der Waals surface area contributed by atoms with E-state index in [1.54, 1.807) is 36.4 Å². The summed E-state index contributed by atoms with van der Waals surface area (Å²) < 4.78 is 20.7. The third kappa shape index (κ3) is 4.40. The maximum atomic E-state index is 13.0. The Morgan fingerprint density at radius 3 is 2.66 bits per heavy atom. The van der Waals surface area contributed by atoms with Crippen molar-refractivity contribution >= 4 is 11.6 Å². The molecular weight excluding hydrogens is 371 g/mol. The molecule has 0 atom stereocenters. The van der Waals surface area contributed by atoms with Crippen molar-refractivity contribution in [3.63, 3.8) is 0 Å². The topological polar surface area (TPSA) is 68.5 Å². The summed E-state index contributed by atoms with van der Waals surface area (Å²) in [4.78, 5) is 12.6. The highest BCUT2D eigenvalue weighted by molar-refractivity contribution is 5.96. The fraction of sp³-hybridized carbons (Fsp3) is 0.136. The minimum atomic E-state index is -0.297. The number of aromatic nitrogens is 3. The van der Waals surface area contributed by atoms with E-state index in [0.717, 1.165) is 17.0 Å². The van der Waals surface area contributed by atoms with Crippen molar-refractivity contribution in [1.82, 2.24) is 19.9 Å². The minimum absolute atomic E-state index is 0.228. The molecule has 2 heterocycles. The Labute approximate surface area is 167 Å². The third-order valence-electron chi connectivity index (χ3n) is 4.46. The second-order valence-corrected chi connectivity index (χ2v) is 6.46. The molecular formula is C22H19FN4O2. The number of halogens is 1. The van der Waals surface area contributed by atoms with Gasteiger partial charge in [-0.1, -0.05) is 30.3 Å². The molecule has 0 aliphatic rings. The Kier molecular flexibility index (Phi) is 5.47. The first-order chi connectivity index (χ1) is 14.2. The lowest BCUT2D eigenvalue weighted by Gasteiger charge is -2.12. The van der Waals surface area contributed by atoms with Gasteiger partial charge in [0.15, 0.2) is 5.65 Å². The summed E-state index contributed by atoms with van der Waals surface area (Å²) in [5, 5.41) is 11.2. The van der Waals surface area contributed by atoms with Crippen LogP contribution < -0.4 is 10.1 Å². The number of carbonyl (C=O) groups is 1. The van der Waals surface area contributed by atoms with Gasteiger partial charge in [0, 0.05) is 19.2 Å². The van der Waals surface area contributed by atoms with Crippen molar-refractivity contribution in [3.05, 3.63) is 95.7 Å². The third-order valence-corrected chi connectivity index (χ3v) is 4.46. The number of para-hydroxylation sites is 1. The number of carbonyl (C=O) groups excluding carboxylic acids is 1. The van der Waals surface area contributed by atoms with Crippen LogP contribution in [0.1, 0.15) is 21.7 Å². The van der Waals surface area contributed by atoms with Gasteiger partial charge in [-0.3, -0.25) is 9.20 Å². The number of ether oxygens (including phenoxy) is 1. The molecule has 29 heavy (non-hydrogen) atoms. The van der Waals surface area contributed by atoms with Crippen LogP contribution in [0.2, 0.25) is 0 Å². The Hall–Kier alpha value is -3.74. The number of fused-ring (bicyclic) bond motifs is 1. The molecule has 0 saturated heterocycles. The van der Waals surface area contributed by atoms with E-state index in [4.69, 9.17) is 4.74 Å². The highest BCUT2D eigenvalue weighted by Crippen LogP contribution is 2.19. The number of rotatable bonds is 7. The maximum Gasteiger partial charge on any atom is 0.255 e. The predicted molar refractivity (Wildman–Crippen MR) is 106 cm³/mol. The van der Waals surface area contributed by atoms with Gasteiger partial charge < -0.3 is 10.1 Å². The molecule has 0 aliphatic heterocycles. The lowest BCUT2D eigenvalue weighted by molar-refractivity contribution is 0.0949. The summed E-state index contributed by atoms with van der Waals surface area (Å²) in [6.45, 7) is 0.664. The smallest absolute Gasteiger partial charge is 0.255 e. The molecule has 1 amide bonds. The van der Waals surface area contributed by atoms with Crippen LogP contribution in [-0.4, -0.2) is 27.0 Å². The van der Waals surface area contributed by atoms with Gasteiger partial charge in [0.05, 0.1) is 5.56 Å². The summed E-state index contributed by atoms with van der Waals surface area (Å²) >= 11 is 0. The molecule has 0 bridgehead atoms. The first kappa shape index (κ1) is 18.6. The van der Waals surface area contributed by atoms with Crippen molar-refractivity contribution in [2.75, 3.05) is 6.54 Å². The van der Waals surface area contributed by atoms with Crippen LogP contribution >= 0.6 is 0 Å². The van der Waals surface area contributed by atoms with Crippen LogP contribution in [-0.2, 0) is 13.0 Å². The van der Waals surface area contributed by atoms with E-state index in [1.165, 1.54) is 12.1 Å². The number of amides is 1. The van der Waals surface area contributed by atoms with Crippen molar-refractivity contribution < 1.29 is 13.9 Å². The lowest BCUT2D eigenvalue weighted by atomic mass is 10.2. The molecule has 1 N–H and O–H groups in total. The van der Waals surface area contributed by atoms with Gasteiger partial charge in [-0.15, -0.1) is 10.2 Å². The van der Waals surface area contributed by atoms with Gasteiger partial charge in [-0.25, -0.2) is 4.39 Å². The van der Waals surface area contributed by atoms with Gasteiger partial charge in [0.2, 0.25) is 0 Å². The monoisotopic (exact) mass is 390 g/mol. The van der Waals surface area contributed by atoms with Crippen molar-refractivity contribution in [1.29, 1.82) is 0 Å². The average Bonchev–Trinajstić information content (AvgIpc) is 3.17. The lowest BCUT2D eigenvalue weighted by Crippen LogP contribution is -2.26. The number of hydrogen-bond acceptors (Lipinski definition) is 4. The molecule has 4 aromatic rings.